The molecule has 3 aromatic rings. The van der Waals surface area contributed by atoms with E-state index in [1.807, 2.05) is 6.92 Å². The van der Waals surface area contributed by atoms with Crippen LogP contribution in [0.15, 0.2) is 41.1 Å². The van der Waals surface area contributed by atoms with Crippen molar-refractivity contribution in [2.45, 2.75) is 26.3 Å². The van der Waals surface area contributed by atoms with Crippen LogP contribution in [0, 0.1) is 12.7 Å². The Morgan fingerprint density at radius 1 is 1.36 bits per heavy atom. The average molecular weight is 340 g/mol. The molecule has 128 valence electrons. The van der Waals surface area contributed by atoms with Crippen molar-refractivity contribution >= 4 is 11.6 Å². The van der Waals surface area contributed by atoms with Gasteiger partial charge in [0, 0.05) is 12.7 Å². The summed E-state index contributed by atoms with van der Waals surface area (Å²) in [5.74, 6) is 0.424. The Labute approximate surface area is 143 Å². The maximum atomic E-state index is 13.7. The number of halogens is 1. The molecule has 6 nitrogen and oxygen atoms in total. The molecule has 0 atom stereocenters. The smallest absolute Gasteiger partial charge is 0.293 e. The third kappa shape index (κ3) is 2.93. The lowest BCUT2D eigenvalue weighted by molar-refractivity contribution is 0.0956. The number of rotatable bonds is 3. The highest BCUT2D eigenvalue weighted by atomic mass is 19.1. The van der Waals surface area contributed by atoms with Crippen molar-refractivity contribution in [2.24, 2.45) is 0 Å². The van der Waals surface area contributed by atoms with E-state index >= 15 is 0 Å². The van der Waals surface area contributed by atoms with Crippen LogP contribution < -0.4 is 4.90 Å². The van der Waals surface area contributed by atoms with Crippen LogP contribution in [0.5, 0.6) is 0 Å². The number of fused-ring (bicyclic) bond motifs is 1. The highest BCUT2D eigenvalue weighted by Crippen LogP contribution is 2.32. The molecule has 1 aliphatic heterocycles. The highest BCUT2D eigenvalue weighted by Gasteiger charge is 2.27. The van der Waals surface area contributed by atoms with Crippen molar-refractivity contribution in [3.05, 3.63) is 65.1 Å². The molecule has 0 aliphatic carbocycles. The second kappa shape index (κ2) is 6.16. The molecule has 0 unspecified atom stereocenters. The normalized spacial score (nSPS) is 13.8. The molecule has 2 aromatic heterocycles. The van der Waals surface area contributed by atoms with E-state index in [0.717, 1.165) is 29.7 Å². The van der Waals surface area contributed by atoms with Crippen molar-refractivity contribution in [3.8, 4) is 0 Å². The summed E-state index contributed by atoms with van der Waals surface area (Å²) in [6.07, 6.45) is 4.88. The number of aryl methyl sites for hydroxylation is 2. The van der Waals surface area contributed by atoms with Crippen LogP contribution in [-0.2, 0) is 13.0 Å². The lowest BCUT2D eigenvalue weighted by Gasteiger charge is -2.30. The van der Waals surface area contributed by atoms with Crippen molar-refractivity contribution < 1.29 is 13.6 Å². The number of anilines is 1. The summed E-state index contributed by atoms with van der Waals surface area (Å²) in [6.45, 7) is 2.83. The molecule has 0 bridgehead atoms. The van der Waals surface area contributed by atoms with Crippen LogP contribution in [-0.4, -0.2) is 27.4 Å². The first kappa shape index (κ1) is 15.6. The molecule has 3 heterocycles. The van der Waals surface area contributed by atoms with Crippen LogP contribution in [0.2, 0.25) is 0 Å². The maximum Gasteiger partial charge on any atom is 0.293 e. The molecule has 1 aromatic carbocycles. The number of furan rings is 1. The molecular weight excluding hydrogens is 323 g/mol. The van der Waals surface area contributed by atoms with Crippen molar-refractivity contribution in [1.29, 1.82) is 0 Å². The van der Waals surface area contributed by atoms with E-state index in [1.165, 1.54) is 12.1 Å². The number of carbonyl (C=O) groups is 1. The largest absolute Gasteiger partial charge is 0.454 e. The summed E-state index contributed by atoms with van der Waals surface area (Å²) < 4.78 is 21.0. The summed E-state index contributed by atoms with van der Waals surface area (Å²) in [5, 5.41) is 7.62. The standard InChI is InChI=1S/C18H17FN4O2/c1-12-9-14(19)10-13-3-2-7-23(17(12)13)18(24)16-5-4-15(25-16)11-22-8-6-20-21-22/h4-6,8-10H,2-3,7,11H2,1H3. The Balaban J connectivity index is 1.61. The van der Waals surface area contributed by atoms with Crippen molar-refractivity contribution in [2.75, 3.05) is 11.4 Å². The van der Waals surface area contributed by atoms with E-state index in [0.29, 0.717) is 18.8 Å². The molecule has 7 heteroatoms. The number of aromatic nitrogens is 3. The summed E-state index contributed by atoms with van der Waals surface area (Å²) in [5.41, 5.74) is 2.43. The number of hydrogen-bond acceptors (Lipinski definition) is 4. The zero-order valence-electron chi connectivity index (χ0n) is 13.8. The van der Waals surface area contributed by atoms with Gasteiger partial charge in [0.05, 0.1) is 11.9 Å². The third-order valence-electron chi connectivity index (χ3n) is 4.35. The summed E-state index contributed by atoms with van der Waals surface area (Å²) in [6, 6.07) is 6.40. The second-order valence-corrected chi connectivity index (χ2v) is 6.16. The predicted molar refractivity (Wildman–Crippen MR) is 89.0 cm³/mol. The van der Waals surface area contributed by atoms with Crippen LogP contribution in [0.25, 0.3) is 0 Å². The minimum absolute atomic E-state index is 0.208. The molecule has 1 amide bonds. The quantitative estimate of drug-likeness (QED) is 0.735. The number of nitrogens with zero attached hydrogens (tertiary/aromatic N) is 4. The van der Waals surface area contributed by atoms with E-state index in [1.54, 1.807) is 34.1 Å². The summed E-state index contributed by atoms with van der Waals surface area (Å²) in [7, 11) is 0. The zero-order chi connectivity index (χ0) is 17.4. The van der Waals surface area contributed by atoms with E-state index in [2.05, 4.69) is 10.3 Å². The molecular formula is C18H17FN4O2. The minimum Gasteiger partial charge on any atom is -0.454 e. The van der Waals surface area contributed by atoms with Gasteiger partial charge in [0.15, 0.2) is 5.76 Å². The lowest BCUT2D eigenvalue weighted by atomic mass is 9.97. The van der Waals surface area contributed by atoms with Gasteiger partial charge in [-0.2, -0.15) is 0 Å². The van der Waals surface area contributed by atoms with Gasteiger partial charge in [-0.15, -0.1) is 5.10 Å². The fourth-order valence-electron chi connectivity index (χ4n) is 3.31. The lowest BCUT2D eigenvalue weighted by Crippen LogP contribution is -2.36. The number of hydrogen-bond donors (Lipinski definition) is 0. The predicted octanol–water partition coefficient (Wildman–Crippen LogP) is 2.96. The Bertz CT molecular complexity index is 917. The number of benzene rings is 1. The van der Waals surface area contributed by atoms with Crippen LogP contribution in [0.1, 0.15) is 33.9 Å². The minimum atomic E-state index is -0.265. The molecule has 0 spiro atoms. The van der Waals surface area contributed by atoms with E-state index < -0.39 is 0 Å². The first-order valence-corrected chi connectivity index (χ1v) is 8.15. The molecule has 1 aliphatic rings. The van der Waals surface area contributed by atoms with Crippen molar-refractivity contribution in [3.63, 3.8) is 0 Å². The summed E-state index contributed by atoms with van der Waals surface area (Å²) in [4.78, 5) is 14.6. The molecule has 0 fully saturated rings. The van der Waals surface area contributed by atoms with Crippen LogP contribution in [0.3, 0.4) is 0 Å². The molecule has 0 radical (unpaired) electrons. The van der Waals surface area contributed by atoms with Crippen LogP contribution in [0.4, 0.5) is 10.1 Å². The number of carbonyl (C=O) groups excluding carboxylic acids is 1. The average Bonchev–Trinajstić information content (AvgIpc) is 3.26. The maximum absolute atomic E-state index is 13.7. The van der Waals surface area contributed by atoms with E-state index in [9.17, 15) is 9.18 Å². The van der Waals surface area contributed by atoms with Gasteiger partial charge in [0.25, 0.3) is 5.91 Å². The Hall–Kier alpha value is -2.96. The number of amides is 1. The molecule has 25 heavy (non-hydrogen) atoms. The molecule has 0 saturated carbocycles. The highest BCUT2D eigenvalue weighted by molar-refractivity contribution is 6.05. The topological polar surface area (TPSA) is 64.2 Å². The van der Waals surface area contributed by atoms with Gasteiger partial charge in [-0.1, -0.05) is 5.21 Å². The van der Waals surface area contributed by atoms with Crippen LogP contribution >= 0.6 is 0 Å². The van der Waals surface area contributed by atoms with Gasteiger partial charge < -0.3 is 9.32 Å². The van der Waals surface area contributed by atoms with Gasteiger partial charge in [0.1, 0.15) is 18.1 Å². The monoisotopic (exact) mass is 340 g/mol. The van der Waals surface area contributed by atoms with Gasteiger partial charge in [-0.25, -0.2) is 9.07 Å². The Kier molecular flexibility index (Phi) is 3.83. The fraction of sp³-hybridized carbons (Fsp3) is 0.278. The molecule has 0 saturated heterocycles. The van der Waals surface area contributed by atoms with Gasteiger partial charge in [-0.3, -0.25) is 4.79 Å². The fourth-order valence-corrected chi connectivity index (χ4v) is 3.31. The van der Waals surface area contributed by atoms with E-state index in [-0.39, 0.29) is 17.5 Å². The zero-order valence-corrected chi connectivity index (χ0v) is 13.8. The first-order valence-electron chi connectivity index (χ1n) is 8.15. The third-order valence-corrected chi connectivity index (χ3v) is 4.35. The first-order chi connectivity index (χ1) is 12.1. The second-order valence-electron chi connectivity index (χ2n) is 6.16. The SMILES string of the molecule is Cc1cc(F)cc2c1N(C(=O)c1ccc(Cn3ccnn3)o1)CCC2. The molecule has 0 N–H and O–H groups in total. The Morgan fingerprint density at radius 2 is 2.24 bits per heavy atom. The molecule has 4 rings (SSSR count). The van der Waals surface area contributed by atoms with Gasteiger partial charge >= 0.3 is 0 Å². The van der Waals surface area contributed by atoms with E-state index in [4.69, 9.17) is 4.42 Å². The summed E-state index contributed by atoms with van der Waals surface area (Å²) >= 11 is 0. The van der Waals surface area contributed by atoms with Crippen molar-refractivity contribution in [1.82, 2.24) is 15.0 Å². The Morgan fingerprint density at radius 3 is 3.04 bits per heavy atom. The van der Waals surface area contributed by atoms with Gasteiger partial charge in [-0.05, 0) is 55.2 Å². The van der Waals surface area contributed by atoms with Gasteiger partial charge in [0.2, 0.25) is 0 Å².